The van der Waals surface area contributed by atoms with Gasteiger partial charge in [-0.1, -0.05) is 0 Å². The highest BCUT2D eigenvalue weighted by Crippen LogP contribution is 1.98. The first-order valence-corrected chi connectivity index (χ1v) is 3.78. The van der Waals surface area contributed by atoms with Crippen molar-refractivity contribution in [3.63, 3.8) is 0 Å². The maximum absolute atomic E-state index is 11.1. The fraction of sp³-hybridized carbons (Fsp3) is 0.375. The Kier molecular flexibility index (Phi) is 4.01. The number of methoxy groups -OCH3 is 1. The van der Waals surface area contributed by atoms with Gasteiger partial charge in [0.1, 0.15) is 6.26 Å². The number of hydrogen-bond acceptors (Lipinski definition) is 4. The van der Waals surface area contributed by atoms with Crippen molar-refractivity contribution >= 4 is 5.91 Å². The van der Waals surface area contributed by atoms with E-state index < -0.39 is 0 Å². The standard InChI is InChI=1S/C8H11NO4/c1-11-4-5-13-9-8(10)7-2-3-12-6-7/h2-3,6H,4-5H2,1H3,(H,9,10). The Balaban J connectivity index is 2.19. The molecule has 0 aliphatic carbocycles. The molecule has 1 heterocycles. The number of furan rings is 1. The number of carbonyl (C=O) groups is 1. The first-order valence-electron chi connectivity index (χ1n) is 3.78. The summed E-state index contributed by atoms with van der Waals surface area (Å²) in [5.74, 6) is -0.329. The first kappa shape index (κ1) is 9.76. The second-order valence-corrected chi connectivity index (χ2v) is 2.28. The average molecular weight is 185 g/mol. The van der Waals surface area contributed by atoms with Crippen molar-refractivity contribution in [2.24, 2.45) is 0 Å². The highest BCUT2D eigenvalue weighted by Gasteiger charge is 2.05. The zero-order valence-electron chi connectivity index (χ0n) is 7.28. The Labute approximate surface area is 75.6 Å². The van der Waals surface area contributed by atoms with Gasteiger partial charge >= 0.3 is 0 Å². The third-order valence-corrected chi connectivity index (χ3v) is 1.34. The highest BCUT2D eigenvalue weighted by molar-refractivity contribution is 5.92. The van der Waals surface area contributed by atoms with E-state index in [0.717, 1.165) is 0 Å². The molecule has 0 spiro atoms. The van der Waals surface area contributed by atoms with E-state index in [9.17, 15) is 4.79 Å². The fourth-order valence-corrected chi connectivity index (χ4v) is 0.694. The summed E-state index contributed by atoms with van der Waals surface area (Å²) in [5, 5.41) is 0. The van der Waals surface area contributed by atoms with E-state index in [0.29, 0.717) is 18.8 Å². The molecule has 13 heavy (non-hydrogen) atoms. The van der Waals surface area contributed by atoms with Crippen molar-refractivity contribution in [1.82, 2.24) is 5.48 Å². The molecule has 0 saturated heterocycles. The van der Waals surface area contributed by atoms with Crippen LogP contribution in [0.15, 0.2) is 23.0 Å². The Morgan fingerprint density at radius 1 is 1.62 bits per heavy atom. The van der Waals surface area contributed by atoms with Gasteiger partial charge in [0.15, 0.2) is 0 Å². The minimum Gasteiger partial charge on any atom is -0.472 e. The van der Waals surface area contributed by atoms with Crippen molar-refractivity contribution in [2.45, 2.75) is 0 Å². The summed E-state index contributed by atoms with van der Waals surface area (Å²) in [5.41, 5.74) is 2.67. The summed E-state index contributed by atoms with van der Waals surface area (Å²) >= 11 is 0. The van der Waals surface area contributed by atoms with Gasteiger partial charge in [0.2, 0.25) is 0 Å². The molecule has 0 radical (unpaired) electrons. The molecule has 0 aliphatic heterocycles. The largest absolute Gasteiger partial charge is 0.472 e. The highest BCUT2D eigenvalue weighted by atomic mass is 16.7. The molecule has 0 atom stereocenters. The second-order valence-electron chi connectivity index (χ2n) is 2.28. The molecule has 5 nitrogen and oxygen atoms in total. The second kappa shape index (κ2) is 5.34. The molecule has 0 aromatic carbocycles. The van der Waals surface area contributed by atoms with Crippen LogP contribution in [0.4, 0.5) is 0 Å². The van der Waals surface area contributed by atoms with Crippen LogP contribution in [0.5, 0.6) is 0 Å². The van der Waals surface area contributed by atoms with Crippen LogP contribution in [-0.2, 0) is 9.57 Å². The lowest BCUT2D eigenvalue weighted by atomic mass is 10.3. The maximum Gasteiger partial charge on any atom is 0.278 e. The predicted molar refractivity (Wildman–Crippen MR) is 44.0 cm³/mol. The van der Waals surface area contributed by atoms with E-state index >= 15 is 0 Å². The SMILES string of the molecule is COCCONC(=O)c1ccoc1. The molecule has 72 valence electrons. The van der Waals surface area contributed by atoms with E-state index in [4.69, 9.17) is 14.0 Å². The fourth-order valence-electron chi connectivity index (χ4n) is 0.694. The molecular weight excluding hydrogens is 174 g/mol. The number of amides is 1. The molecule has 0 bridgehead atoms. The molecule has 0 saturated carbocycles. The van der Waals surface area contributed by atoms with E-state index in [1.165, 1.54) is 12.5 Å². The van der Waals surface area contributed by atoms with Gasteiger partial charge in [-0.2, -0.15) is 0 Å². The summed E-state index contributed by atoms with van der Waals surface area (Å²) in [4.78, 5) is 15.9. The van der Waals surface area contributed by atoms with Gasteiger partial charge in [0.25, 0.3) is 5.91 Å². The molecule has 5 heteroatoms. The quantitative estimate of drug-likeness (QED) is 0.538. The lowest BCUT2D eigenvalue weighted by molar-refractivity contribution is 0.00885. The van der Waals surface area contributed by atoms with Crippen molar-refractivity contribution in [1.29, 1.82) is 0 Å². The van der Waals surface area contributed by atoms with Crippen LogP contribution in [0.2, 0.25) is 0 Å². The Morgan fingerprint density at radius 2 is 2.46 bits per heavy atom. The molecule has 1 aromatic heterocycles. The van der Waals surface area contributed by atoms with E-state index in [2.05, 4.69) is 5.48 Å². The molecular formula is C8H11NO4. The predicted octanol–water partition coefficient (Wildman–Crippen LogP) is 0.587. The third-order valence-electron chi connectivity index (χ3n) is 1.34. The lowest BCUT2D eigenvalue weighted by Gasteiger charge is -2.02. The monoisotopic (exact) mass is 185 g/mol. The van der Waals surface area contributed by atoms with Crippen LogP contribution in [0.25, 0.3) is 0 Å². The Morgan fingerprint density at radius 3 is 3.08 bits per heavy atom. The maximum atomic E-state index is 11.1. The van der Waals surface area contributed by atoms with Crippen molar-refractivity contribution in [2.75, 3.05) is 20.3 Å². The molecule has 0 unspecified atom stereocenters. The molecule has 1 rings (SSSR count). The summed E-state index contributed by atoms with van der Waals surface area (Å²) < 4.78 is 9.44. The van der Waals surface area contributed by atoms with Crippen LogP contribution >= 0.6 is 0 Å². The van der Waals surface area contributed by atoms with Crippen LogP contribution in [0.3, 0.4) is 0 Å². The number of ether oxygens (including phenoxy) is 1. The summed E-state index contributed by atoms with van der Waals surface area (Å²) in [6, 6.07) is 1.55. The Bertz CT molecular complexity index is 245. The average Bonchev–Trinajstić information content (AvgIpc) is 2.65. The number of hydrogen-bond donors (Lipinski definition) is 1. The van der Waals surface area contributed by atoms with Crippen molar-refractivity contribution in [3.05, 3.63) is 24.2 Å². The van der Waals surface area contributed by atoms with Crippen LogP contribution in [-0.4, -0.2) is 26.2 Å². The Hall–Kier alpha value is -1.33. The summed E-state index contributed by atoms with van der Waals surface area (Å²) in [6.45, 7) is 0.756. The van der Waals surface area contributed by atoms with Crippen molar-refractivity contribution < 1.29 is 18.8 Å². The molecule has 0 fully saturated rings. The minimum absolute atomic E-state index is 0.320. The number of rotatable bonds is 5. The van der Waals surface area contributed by atoms with Gasteiger partial charge in [0, 0.05) is 7.11 Å². The smallest absolute Gasteiger partial charge is 0.278 e. The van der Waals surface area contributed by atoms with Crippen molar-refractivity contribution in [3.8, 4) is 0 Å². The van der Waals surface area contributed by atoms with Gasteiger partial charge in [-0.3, -0.25) is 9.63 Å². The normalized spacial score (nSPS) is 9.92. The van der Waals surface area contributed by atoms with Gasteiger partial charge in [-0.25, -0.2) is 5.48 Å². The summed E-state index contributed by atoms with van der Waals surface area (Å²) in [6.07, 6.45) is 2.76. The van der Waals surface area contributed by atoms with Gasteiger partial charge in [-0.15, -0.1) is 0 Å². The number of carbonyl (C=O) groups excluding carboxylic acids is 1. The zero-order valence-corrected chi connectivity index (χ0v) is 7.28. The first-order chi connectivity index (χ1) is 6.34. The van der Waals surface area contributed by atoms with E-state index in [1.807, 2.05) is 0 Å². The van der Waals surface area contributed by atoms with Crippen LogP contribution in [0, 0.1) is 0 Å². The summed E-state index contributed by atoms with van der Waals surface area (Å²) in [7, 11) is 1.56. The zero-order chi connectivity index (χ0) is 9.52. The van der Waals surface area contributed by atoms with E-state index in [-0.39, 0.29) is 5.91 Å². The van der Waals surface area contributed by atoms with E-state index in [1.54, 1.807) is 13.2 Å². The third kappa shape index (κ3) is 3.27. The molecule has 0 aliphatic rings. The van der Waals surface area contributed by atoms with Gasteiger partial charge in [0.05, 0.1) is 25.0 Å². The molecule has 1 aromatic rings. The topological polar surface area (TPSA) is 60.7 Å². The van der Waals surface area contributed by atoms with Crippen LogP contribution in [0.1, 0.15) is 10.4 Å². The number of hydroxylamine groups is 1. The molecule has 1 amide bonds. The number of nitrogens with one attached hydrogen (secondary N) is 1. The minimum atomic E-state index is -0.329. The van der Waals surface area contributed by atoms with Gasteiger partial charge < -0.3 is 9.15 Å². The lowest BCUT2D eigenvalue weighted by Crippen LogP contribution is -2.24. The van der Waals surface area contributed by atoms with Crippen LogP contribution < -0.4 is 5.48 Å². The van der Waals surface area contributed by atoms with Gasteiger partial charge in [-0.05, 0) is 6.07 Å². The molecule has 1 N–H and O–H groups in total.